The molecule has 0 aromatic carbocycles. The van der Waals surface area contributed by atoms with Crippen molar-refractivity contribution in [3.05, 3.63) is 0 Å². The first-order chi connectivity index (χ1) is 6.72. The maximum Gasteiger partial charge on any atom is 0.0635 e. The SMILES string of the molecule is CN(CCC#N)CC1CCCN(C)C1. The zero-order valence-corrected chi connectivity index (χ0v) is 9.37. The van der Waals surface area contributed by atoms with E-state index in [2.05, 4.69) is 30.0 Å². The van der Waals surface area contributed by atoms with Crippen molar-refractivity contribution in [1.82, 2.24) is 9.80 Å². The van der Waals surface area contributed by atoms with Crippen molar-refractivity contribution < 1.29 is 0 Å². The molecule has 1 rings (SSSR count). The highest BCUT2D eigenvalue weighted by Crippen LogP contribution is 2.15. The van der Waals surface area contributed by atoms with Crippen LogP contribution in [0.1, 0.15) is 19.3 Å². The summed E-state index contributed by atoms with van der Waals surface area (Å²) < 4.78 is 0. The summed E-state index contributed by atoms with van der Waals surface area (Å²) in [5.74, 6) is 0.803. The van der Waals surface area contributed by atoms with Crippen molar-refractivity contribution in [1.29, 1.82) is 5.26 Å². The average molecular weight is 195 g/mol. The third kappa shape index (κ3) is 4.08. The summed E-state index contributed by atoms with van der Waals surface area (Å²) in [6, 6.07) is 2.19. The van der Waals surface area contributed by atoms with Gasteiger partial charge in [-0.25, -0.2) is 0 Å². The van der Waals surface area contributed by atoms with Gasteiger partial charge in [0.1, 0.15) is 0 Å². The summed E-state index contributed by atoms with van der Waals surface area (Å²) in [4.78, 5) is 4.69. The van der Waals surface area contributed by atoms with Crippen LogP contribution in [-0.2, 0) is 0 Å². The third-order valence-electron chi connectivity index (χ3n) is 2.90. The van der Waals surface area contributed by atoms with E-state index < -0.39 is 0 Å². The second kappa shape index (κ2) is 6.00. The fraction of sp³-hybridized carbons (Fsp3) is 0.909. The van der Waals surface area contributed by atoms with E-state index in [0.29, 0.717) is 6.42 Å². The largest absolute Gasteiger partial charge is 0.306 e. The minimum atomic E-state index is 0.652. The molecule has 0 amide bonds. The van der Waals surface area contributed by atoms with Crippen molar-refractivity contribution in [3.63, 3.8) is 0 Å². The minimum Gasteiger partial charge on any atom is -0.306 e. The molecule has 0 saturated carbocycles. The standard InChI is InChI=1S/C11H21N3/c1-13-7-3-5-11(9-13)10-14(2)8-4-6-12/h11H,3-5,7-10H2,1-2H3. The fourth-order valence-electron chi connectivity index (χ4n) is 2.20. The number of piperidine rings is 1. The molecule has 0 aromatic heterocycles. The smallest absolute Gasteiger partial charge is 0.0635 e. The molecule has 1 aliphatic rings. The molecule has 14 heavy (non-hydrogen) atoms. The molecule has 1 unspecified atom stereocenters. The van der Waals surface area contributed by atoms with Gasteiger partial charge in [-0.15, -0.1) is 0 Å². The molecule has 3 heteroatoms. The molecule has 3 nitrogen and oxygen atoms in total. The molecular formula is C11H21N3. The molecule has 0 spiro atoms. The second-order valence-corrected chi connectivity index (χ2v) is 4.44. The second-order valence-electron chi connectivity index (χ2n) is 4.44. The van der Waals surface area contributed by atoms with Crippen LogP contribution in [0.25, 0.3) is 0 Å². The van der Waals surface area contributed by atoms with Gasteiger partial charge in [0.05, 0.1) is 6.07 Å². The molecule has 1 aliphatic heterocycles. The molecule has 0 N–H and O–H groups in total. The summed E-state index contributed by atoms with van der Waals surface area (Å²) in [6.07, 6.45) is 3.33. The first-order valence-electron chi connectivity index (χ1n) is 5.46. The lowest BCUT2D eigenvalue weighted by Crippen LogP contribution is -2.38. The highest BCUT2D eigenvalue weighted by Gasteiger charge is 2.18. The van der Waals surface area contributed by atoms with E-state index in [-0.39, 0.29) is 0 Å². The summed E-state index contributed by atoms with van der Waals surface area (Å²) >= 11 is 0. The molecule has 0 radical (unpaired) electrons. The van der Waals surface area contributed by atoms with Crippen LogP contribution in [0.15, 0.2) is 0 Å². The van der Waals surface area contributed by atoms with Gasteiger partial charge in [-0.2, -0.15) is 5.26 Å². The molecule has 0 bridgehead atoms. The lowest BCUT2D eigenvalue weighted by Gasteiger charge is -2.32. The number of likely N-dealkylation sites (tertiary alicyclic amines) is 1. The van der Waals surface area contributed by atoms with E-state index in [1.54, 1.807) is 0 Å². The Morgan fingerprint density at radius 3 is 3.00 bits per heavy atom. The topological polar surface area (TPSA) is 30.3 Å². The predicted octanol–water partition coefficient (Wildman–Crippen LogP) is 1.17. The van der Waals surface area contributed by atoms with Crippen LogP contribution in [0.5, 0.6) is 0 Å². The first-order valence-corrected chi connectivity index (χ1v) is 5.46. The lowest BCUT2D eigenvalue weighted by molar-refractivity contribution is 0.168. The van der Waals surface area contributed by atoms with Crippen molar-refractivity contribution in [2.24, 2.45) is 5.92 Å². The summed E-state index contributed by atoms with van der Waals surface area (Å²) in [7, 11) is 4.31. The molecule has 1 atom stereocenters. The van der Waals surface area contributed by atoms with Crippen molar-refractivity contribution >= 4 is 0 Å². The summed E-state index contributed by atoms with van der Waals surface area (Å²) in [5.41, 5.74) is 0. The van der Waals surface area contributed by atoms with Gasteiger partial charge in [-0.05, 0) is 39.4 Å². The first kappa shape index (κ1) is 11.5. The molecular weight excluding hydrogens is 174 g/mol. The highest BCUT2D eigenvalue weighted by molar-refractivity contribution is 4.75. The Kier molecular flexibility index (Phi) is 4.92. The van der Waals surface area contributed by atoms with Crippen LogP contribution < -0.4 is 0 Å². The van der Waals surface area contributed by atoms with Crippen LogP contribution in [0.3, 0.4) is 0 Å². The quantitative estimate of drug-likeness (QED) is 0.674. The molecule has 1 saturated heterocycles. The molecule has 1 fully saturated rings. The maximum atomic E-state index is 8.48. The molecule has 0 aromatic rings. The van der Waals surface area contributed by atoms with Gasteiger partial charge in [0.2, 0.25) is 0 Å². The third-order valence-corrected chi connectivity index (χ3v) is 2.90. The van der Waals surface area contributed by atoms with Gasteiger partial charge in [0.25, 0.3) is 0 Å². The van der Waals surface area contributed by atoms with Crippen LogP contribution >= 0.6 is 0 Å². The Morgan fingerprint density at radius 2 is 2.36 bits per heavy atom. The van der Waals surface area contributed by atoms with E-state index in [1.165, 1.54) is 25.9 Å². The average Bonchev–Trinajstić information content (AvgIpc) is 2.15. The van der Waals surface area contributed by atoms with Crippen molar-refractivity contribution in [2.75, 3.05) is 40.3 Å². The zero-order valence-electron chi connectivity index (χ0n) is 9.37. The van der Waals surface area contributed by atoms with Crippen LogP contribution in [0, 0.1) is 17.2 Å². The van der Waals surface area contributed by atoms with Crippen molar-refractivity contribution in [3.8, 4) is 6.07 Å². The van der Waals surface area contributed by atoms with Gasteiger partial charge in [0.15, 0.2) is 0 Å². The van der Waals surface area contributed by atoms with E-state index in [4.69, 9.17) is 5.26 Å². The summed E-state index contributed by atoms with van der Waals surface area (Å²) in [5, 5.41) is 8.48. The fourth-order valence-corrected chi connectivity index (χ4v) is 2.20. The predicted molar refractivity (Wildman–Crippen MR) is 57.9 cm³/mol. The number of rotatable bonds is 4. The van der Waals surface area contributed by atoms with Crippen LogP contribution in [-0.4, -0.2) is 50.1 Å². The normalized spacial score (nSPS) is 23.7. The van der Waals surface area contributed by atoms with Gasteiger partial charge in [-0.1, -0.05) is 0 Å². The number of hydrogen-bond acceptors (Lipinski definition) is 3. The van der Waals surface area contributed by atoms with Gasteiger partial charge < -0.3 is 9.80 Å². The number of nitriles is 1. The number of nitrogens with zero attached hydrogens (tertiary/aromatic N) is 3. The van der Waals surface area contributed by atoms with E-state index >= 15 is 0 Å². The van der Waals surface area contributed by atoms with E-state index in [0.717, 1.165) is 19.0 Å². The molecule has 80 valence electrons. The van der Waals surface area contributed by atoms with Crippen LogP contribution in [0.4, 0.5) is 0 Å². The Morgan fingerprint density at radius 1 is 1.57 bits per heavy atom. The highest BCUT2D eigenvalue weighted by atomic mass is 15.1. The van der Waals surface area contributed by atoms with Crippen molar-refractivity contribution in [2.45, 2.75) is 19.3 Å². The zero-order chi connectivity index (χ0) is 10.4. The summed E-state index contributed by atoms with van der Waals surface area (Å²) in [6.45, 7) is 4.53. The Bertz CT molecular complexity index is 197. The minimum absolute atomic E-state index is 0.652. The molecule has 1 heterocycles. The van der Waals surface area contributed by atoms with E-state index in [1.807, 2.05) is 0 Å². The Balaban J connectivity index is 2.19. The molecule has 0 aliphatic carbocycles. The lowest BCUT2D eigenvalue weighted by atomic mass is 9.98. The van der Waals surface area contributed by atoms with Gasteiger partial charge >= 0.3 is 0 Å². The van der Waals surface area contributed by atoms with Crippen LogP contribution in [0.2, 0.25) is 0 Å². The maximum absolute atomic E-state index is 8.48. The Labute approximate surface area is 87.3 Å². The monoisotopic (exact) mass is 195 g/mol. The van der Waals surface area contributed by atoms with E-state index in [9.17, 15) is 0 Å². The Hall–Kier alpha value is -0.590. The number of hydrogen-bond donors (Lipinski definition) is 0. The van der Waals surface area contributed by atoms with Gasteiger partial charge in [0, 0.05) is 26.1 Å². The van der Waals surface area contributed by atoms with Gasteiger partial charge in [-0.3, -0.25) is 0 Å².